The highest BCUT2D eigenvalue weighted by Gasteiger charge is 2.45. The number of hydrogen-bond acceptors (Lipinski definition) is 0. The Morgan fingerprint density at radius 2 is 0.343 bits per heavy atom. The normalized spacial score (nSPS) is 11.1. The second kappa shape index (κ2) is 9.63. The summed E-state index contributed by atoms with van der Waals surface area (Å²) >= 11 is 0. The summed E-state index contributed by atoms with van der Waals surface area (Å²) in [7, 11) is 0. The van der Waals surface area contributed by atoms with E-state index in [1.54, 1.807) is 0 Å². The van der Waals surface area contributed by atoms with Gasteiger partial charge in [-0.1, -0.05) is 0 Å². The largest absolute Gasteiger partial charge is 0.265 e. The minimum absolute atomic E-state index is 0. The summed E-state index contributed by atoms with van der Waals surface area (Å²) in [5, 5.41) is 0. The minimum Gasteiger partial charge on any atom is -0.204 e. The Bertz CT molecular complexity index is 1120. The maximum absolute atomic E-state index is 14.4. The van der Waals surface area contributed by atoms with Crippen molar-refractivity contribution in [2.45, 2.75) is 0 Å². The van der Waals surface area contributed by atoms with Crippen molar-refractivity contribution in [3.05, 3.63) is 87.3 Å². The third kappa shape index (κ3) is 4.01. The number of hydrogen-bond donors (Lipinski definition) is 0. The minimum atomic E-state index is -3.96. The second-order valence-corrected chi connectivity index (χ2v) is 6.38. The van der Waals surface area contributed by atoms with Gasteiger partial charge in [-0.3, -0.25) is 0 Å². The van der Waals surface area contributed by atoms with E-state index in [4.69, 9.17) is 0 Å². The van der Waals surface area contributed by atoms with Gasteiger partial charge in [-0.2, -0.15) is 9.90 Å². The summed E-state index contributed by atoms with van der Waals surface area (Å²) in [5.74, 6) is -45.2. The van der Waals surface area contributed by atoms with Gasteiger partial charge in [0.1, 0.15) is 0 Å². The van der Waals surface area contributed by atoms with E-state index < -0.39 is 110 Å². The fraction of sp³-hybridized carbons (Fsp3) is 0. The van der Waals surface area contributed by atoms with Crippen LogP contribution < -0.4 is 16.4 Å². The highest BCUT2D eigenvalue weighted by atomic mass is 31.0. The van der Waals surface area contributed by atoms with Crippen molar-refractivity contribution in [1.29, 1.82) is 0 Å². The van der Waals surface area contributed by atoms with Gasteiger partial charge in [0.25, 0.3) is 6.71 Å². The molecule has 3 aromatic carbocycles. The van der Waals surface area contributed by atoms with Crippen LogP contribution in [0.5, 0.6) is 0 Å². The lowest BCUT2D eigenvalue weighted by Gasteiger charge is -2.21. The van der Waals surface area contributed by atoms with Crippen molar-refractivity contribution in [2.24, 2.45) is 0 Å². The monoisotopic (exact) mass is 546 g/mol. The SMILES string of the molecule is Fc1c(F)c(F)c(B(c2c(F)c(F)c(F)c(F)c2F)c2c(F)c(F)c(F)c(F)c2F)c(F)c1F.P. The number of halogens is 15. The standard InChI is InChI=1S/C18BF15.H3P/c20-4-1(5(21)11(27)16(32)10(4)26)19(2-6(22)12(28)17(33)13(29)7(2)23)3-8(24)14(30)18(34)15(31)9(3)25;/h;1H3. The number of benzene rings is 3. The van der Waals surface area contributed by atoms with E-state index in [0.717, 1.165) is 0 Å². The lowest BCUT2D eigenvalue weighted by Crippen LogP contribution is -2.60. The van der Waals surface area contributed by atoms with Crippen LogP contribution in [-0.2, 0) is 0 Å². The highest BCUT2D eigenvalue weighted by molar-refractivity contribution is 6.95. The third-order valence-corrected chi connectivity index (χ3v) is 4.60. The van der Waals surface area contributed by atoms with Crippen molar-refractivity contribution in [2.75, 3.05) is 0 Å². The summed E-state index contributed by atoms with van der Waals surface area (Å²) in [6.45, 7) is -3.96. The van der Waals surface area contributed by atoms with Gasteiger partial charge in [0.15, 0.2) is 87.3 Å². The zero-order chi connectivity index (χ0) is 26.0. The molecule has 1 unspecified atom stereocenters. The lowest BCUT2D eigenvalue weighted by atomic mass is 9.36. The average molecular weight is 546 g/mol. The molecule has 188 valence electrons. The highest BCUT2D eigenvalue weighted by Crippen LogP contribution is 2.23. The molecule has 0 amide bonds. The first-order valence-corrected chi connectivity index (χ1v) is 8.20. The van der Waals surface area contributed by atoms with E-state index in [1.807, 2.05) is 0 Å². The van der Waals surface area contributed by atoms with Gasteiger partial charge in [0.05, 0.1) is 0 Å². The molecule has 0 bridgehead atoms. The Hall–Kier alpha value is -2.90. The van der Waals surface area contributed by atoms with Crippen LogP contribution in [0.4, 0.5) is 65.9 Å². The molecule has 0 saturated carbocycles. The molecule has 17 heteroatoms. The predicted molar refractivity (Wildman–Crippen MR) is 94.5 cm³/mol. The van der Waals surface area contributed by atoms with Gasteiger partial charge in [0, 0.05) is 16.4 Å². The molecular weight excluding hydrogens is 543 g/mol. The summed E-state index contributed by atoms with van der Waals surface area (Å²) < 4.78 is 209. The Morgan fingerprint density at radius 3 is 0.486 bits per heavy atom. The van der Waals surface area contributed by atoms with Crippen LogP contribution in [0.1, 0.15) is 0 Å². The first-order valence-electron chi connectivity index (χ1n) is 8.20. The van der Waals surface area contributed by atoms with Gasteiger partial charge < -0.3 is 0 Å². The second-order valence-electron chi connectivity index (χ2n) is 6.38. The van der Waals surface area contributed by atoms with Gasteiger partial charge in [-0.25, -0.2) is 65.9 Å². The van der Waals surface area contributed by atoms with Crippen molar-refractivity contribution in [1.82, 2.24) is 0 Å². The molecule has 1 atom stereocenters. The summed E-state index contributed by atoms with van der Waals surface area (Å²) in [4.78, 5) is 0. The van der Waals surface area contributed by atoms with Crippen LogP contribution >= 0.6 is 9.90 Å². The Kier molecular flexibility index (Phi) is 7.80. The molecule has 0 nitrogen and oxygen atoms in total. The van der Waals surface area contributed by atoms with Crippen molar-refractivity contribution >= 4 is 33.0 Å². The molecule has 0 heterocycles. The molecule has 35 heavy (non-hydrogen) atoms. The molecule has 3 rings (SSSR count). The van der Waals surface area contributed by atoms with E-state index in [1.165, 1.54) is 0 Å². The maximum atomic E-state index is 14.4. The van der Waals surface area contributed by atoms with Crippen LogP contribution in [0.2, 0.25) is 0 Å². The van der Waals surface area contributed by atoms with Crippen LogP contribution in [0.15, 0.2) is 0 Å². The Balaban J connectivity index is 0.00000432. The zero-order valence-corrected chi connectivity index (χ0v) is 17.4. The fourth-order valence-corrected chi connectivity index (χ4v) is 3.06. The molecule has 0 N–H and O–H groups in total. The van der Waals surface area contributed by atoms with E-state index in [-0.39, 0.29) is 9.90 Å². The Morgan fingerprint density at radius 1 is 0.229 bits per heavy atom. The molecule has 0 aliphatic carbocycles. The van der Waals surface area contributed by atoms with Crippen LogP contribution in [0.3, 0.4) is 0 Å². The Labute approximate surface area is 187 Å². The van der Waals surface area contributed by atoms with Crippen LogP contribution in [0.25, 0.3) is 0 Å². The van der Waals surface area contributed by atoms with Crippen molar-refractivity contribution < 1.29 is 65.9 Å². The van der Waals surface area contributed by atoms with E-state index in [2.05, 4.69) is 0 Å². The fourth-order valence-electron chi connectivity index (χ4n) is 3.06. The van der Waals surface area contributed by atoms with Crippen LogP contribution in [0, 0.1) is 87.3 Å². The molecule has 0 aliphatic heterocycles. The topological polar surface area (TPSA) is 0 Å². The first kappa shape index (κ1) is 28.3. The molecule has 0 aliphatic rings. The maximum Gasteiger partial charge on any atom is 0.265 e. The predicted octanol–water partition coefficient (Wildman–Crippen LogP) is 4.35. The quantitative estimate of drug-likeness (QED) is 0.151. The average Bonchev–Trinajstić information content (AvgIpc) is 2.81. The van der Waals surface area contributed by atoms with Gasteiger partial charge >= 0.3 is 0 Å². The van der Waals surface area contributed by atoms with Crippen molar-refractivity contribution in [3.63, 3.8) is 0 Å². The smallest absolute Gasteiger partial charge is 0.204 e. The van der Waals surface area contributed by atoms with Crippen LogP contribution in [-0.4, -0.2) is 6.71 Å². The lowest BCUT2D eigenvalue weighted by molar-refractivity contribution is 0.380. The molecular formula is C18H3BF15P. The van der Waals surface area contributed by atoms with Crippen molar-refractivity contribution in [3.8, 4) is 0 Å². The molecule has 0 spiro atoms. The molecule has 0 radical (unpaired) electrons. The summed E-state index contributed by atoms with van der Waals surface area (Å²) in [6, 6.07) is 0. The van der Waals surface area contributed by atoms with Gasteiger partial charge in [0.2, 0.25) is 0 Å². The van der Waals surface area contributed by atoms with E-state index in [0.29, 0.717) is 0 Å². The summed E-state index contributed by atoms with van der Waals surface area (Å²) in [5.41, 5.74) is -8.03. The van der Waals surface area contributed by atoms with E-state index in [9.17, 15) is 65.9 Å². The summed E-state index contributed by atoms with van der Waals surface area (Å²) in [6.07, 6.45) is 0. The molecule has 0 fully saturated rings. The van der Waals surface area contributed by atoms with E-state index >= 15 is 0 Å². The first-order chi connectivity index (χ1) is 15.7. The molecule has 0 aromatic heterocycles. The van der Waals surface area contributed by atoms with Gasteiger partial charge in [-0.05, 0) is 0 Å². The third-order valence-electron chi connectivity index (χ3n) is 4.60. The molecule has 3 aromatic rings. The zero-order valence-electron chi connectivity index (χ0n) is 16.0. The molecule has 0 saturated heterocycles. The van der Waals surface area contributed by atoms with Gasteiger partial charge in [-0.15, -0.1) is 0 Å². The number of rotatable bonds is 3.